The molecule has 0 aromatic heterocycles. The topological polar surface area (TPSA) is 149 Å². The van der Waals surface area contributed by atoms with E-state index in [1.165, 1.54) is 12.1 Å². The summed E-state index contributed by atoms with van der Waals surface area (Å²) in [5.41, 5.74) is -1.24. The minimum Gasteiger partial charge on any atom is -0.478 e. The van der Waals surface area contributed by atoms with Crippen molar-refractivity contribution >= 4 is 142 Å². The van der Waals surface area contributed by atoms with E-state index in [0.717, 1.165) is 24.3 Å². The van der Waals surface area contributed by atoms with E-state index < -0.39 is 46.1 Å². The van der Waals surface area contributed by atoms with E-state index in [1.807, 2.05) is 0 Å². The molecule has 8 nitrogen and oxygen atoms in total. The van der Waals surface area contributed by atoms with Crippen molar-refractivity contribution in [2.45, 2.75) is 0 Å². The molecule has 0 heterocycles. The standard InChI is InChI=1S/C16H10O8.4Na/c17-13(18)9-3-1-7(5-11(9)15(21)22)8-2-4-10(14(19)20)12(6-8)16(23)24;;;;/h1-6H,(H,17,18)(H,19,20)(H,21,22)(H,23,24);;;;. The van der Waals surface area contributed by atoms with Gasteiger partial charge in [0.2, 0.25) is 0 Å². The Labute approximate surface area is 247 Å². The molecule has 12 heteroatoms. The third kappa shape index (κ3) is 7.86. The van der Waals surface area contributed by atoms with E-state index in [1.54, 1.807) is 0 Å². The molecule has 0 aliphatic rings. The van der Waals surface area contributed by atoms with Gasteiger partial charge in [-0.25, -0.2) is 19.2 Å². The van der Waals surface area contributed by atoms with E-state index >= 15 is 0 Å². The van der Waals surface area contributed by atoms with Crippen LogP contribution in [0.25, 0.3) is 11.1 Å². The molecule has 0 saturated carbocycles. The fourth-order valence-corrected chi connectivity index (χ4v) is 2.17. The van der Waals surface area contributed by atoms with E-state index in [0.29, 0.717) is 0 Å². The Bertz CT molecular complexity index is 825. The van der Waals surface area contributed by atoms with Crippen LogP contribution >= 0.6 is 0 Å². The second kappa shape index (κ2) is 14.3. The van der Waals surface area contributed by atoms with Crippen LogP contribution in [0.4, 0.5) is 0 Å². The van der Waals surface area contributed by atoms with Gasteiger partial charge in [0.15, 0.2) is 0 Å². The third-order valence-electron chi connectivity index (χ3n) is 3.29. The van der Waals surface area contributed by atoms with E-state index in [-0.39, 0.29) is 129 Å². The number of rotatable bonds is 5. The smallest absolute Gasteiger partial charge is 0.336 e. The monoisotopic (exact) mass is 422 g/mol. The summed E-state index contributed by atoms with van der Waals surface area (Å²) in [4.78, 5) is 44.4. The van der Waals surface area contributed by atoms with Crippen LogP contribution in [0.1, 0.15) is 41.4 Å². The zero-order chi connectivity index (χ0) is 18.0. The van der Waals surface area contributed by atoms with Crippen LogP contribution in [0.3, 0.4) is 0 Å². The van der Waals surface area contributed by atoms with Gasteiger partial charge in [-0.15, -0.1) is 0 Å². The van der Waals surface area contributed by atoms with E-state index in [4.69, 9.17) is 20.4 Å². The Balaban J connectivity index is -0.00000156. The molecule has 0 spiro atoms. The van der Waals surface area contributed by atoms with Gasteiger partial charge in [0.05, 0.1) is 22.3 Å². The quantitative estimate of drug-likeness (QED) is 0.513. The molecule has 0 saturated heterocycles. The maximum absolute atomic E-state index is 11.2. The molecule has 0 aliphatic heterocycles. The average molecular weight is 422 g/mol. The number of carbonyl (C=O) groups is 4. The van der Waals surface area contributed by atoms with Crippen LogP contribution in [0.2, 0.25) is 0 Å². The van der Waals surface area contributed by atoms with E-state index in [9.17, 15) is 19.2 Å². The van der Waals surface area contributed by atoms with Crippen molar-refractivity contribution in [1.29, 1.82) is 0 Å². The van der Waals surface area contributed by atoms with Gasteiger partial charge >= 0.3 is 23.9 Å². The maximum atomic E-state index is 11.2. The summed E-state index contributed by atoms with van der Waals surface area (Å²) in [6, 6.07) is 6.99. The van der Waals surface area contributed by atoms with Crippen LogP contribution in [0.15, 0.2) is 36.4 Å². The predicted molar refractivity (Wildman–Crippen MR) is 103 cm³/mol. The number of carboxylic acids is 4. The summed E-state index contributed by atoms with van der Waals surface area (Å²) in [7, 11) is 0. The van der Waals surface area contributed by atoms with Gasteiger partial charge in [-0.05, 0) is 35.4 Å². The number of aromatic carboxylic acids is 4. The molecular weight excluding hydrogens is 412 g/mol. The van der Waals surface area contributed by atoms with Gasteiger partial charge < -0.3 is 20.4 Å². The summed E-state index contributed by atoms with van der Waals surface area (Å²) < 4.78 is 0. The summed E-state index contributed by atoms with van der Waals surface area (Å²) in [5.74, 6) is -5.72. The summed E-state index contributed by atoms with van der Waals surface area (Å²) in [5, 5.41) is 36.2. The number of benzene rings is 2. The van der Waals surface area contributed by atoms with Crippen LogP contribution < -0.4 is 0 Å². The first-order valence-corrected chi connectivity index (χ1v) is 6.44. The van der Waals surface area contributed by atoms with Gasteiger partial charge in [0, 0.05) is 118 Å². The molecule has 0 fully saturated rings. The van der Waals surface area contributed by atoms with Crippen molar-refractivity contribution in [3.63, 3.8) is 0 Å². The Morgan fingerprint density at radius 2 is 0.714 bits per heavy atom. The first-order chi connectivity index (χ1) is 11.2. The molecule has 4 radical (unpaired) electrons. The predicted octanol–water partition coefficient (Wildman–Crippen LogP) is 0.623. The van der Waals surface area contributed by atoms with Gasteiger partial charge in [0.1, 0.15) is 0 Å². The summed E-state index contributed by atoms with van der Waals surface area (Å²) in [6.07, 6.45) is 0. The fourth-order valence-electron chi connectivity index (χ4n) is 2.17. The molecule has 0 bridgehead atoms. The van der Waals surface area contributed by atoms with Gasteiger partial charge in [-0.1, -0.05) is 12.1 Å². The zero-order valence-electron chi connectivity index (χ0n) is 15.9. The van der Waals surface area contributed by atoms with Crippen molar-refractivity contribution in [3.8, 4) is 11.1 Å². The first kappa shape index (κ1) is 33.0. The van der Waals surface area contributed by atoms with Crippen molar-refractivity contribution in [2.75, 3.05) is 0 Å². The van der Waals surface area contributed by atoms with Crippen LogP contribution in [-0.2, 0) is 0 Å². The Hall–Kier alpha value is 0.320. The normalized spacial score (nSPS) is 8.71. The minimum atomic E-state index is -1.45. The van der Waals surface area contributed by atoms with Crippen LogP contribution in [0.5, 0.6) is 0 Å². The van der Waals surface area contributed by atoms with Gasteiger partial charge in [0.25, 0.3) is 0 Å². The van der Waals surface area contributed by atoms with E-state index in [2.05, 4.69) is 0 Å². The minimum absolute atomic E-state index is 0. The first-order valence-electron chi connectivity index (χ1n) is 6.44. The summed E-state index contributed by atoms with van der Waals surface area (Å²) >= 11 is 0. The van der Waals surface area contributed by atoms with Crippen LogP contribution in [0, 0.1) is 0 Å². The van der Waals surface area contributed by atoms with Gasteiger partial charge in [-0.2, -0.15) is 0 Å². The van der Waals surface area contributed by atoms with Crippen molar-refractivity contribution in [3.05, 3.63) is 58.7 Å². The summed E-state index contributed by atoms with van der Waals surface area (Å²) in [6.45, 7) is 0. The molecule has 2 aromatic rings. The molecule has 2 rings (SSSR count). The maximum Gasteiger partial charge on any atom is 0.336 e. The molecule has 126 valence electrons. The molecule has 28 heavy (non-hydrogen) atoms. The fraction of sp³-hybridized carbons (Fsp3) is 0. The van der Waals surface area contributed by atoms with Crippen molar-refractivity contribution < 1.29 is 39.6 Å². The molecule has 0 aliphatic carbocycles. The van der Waals surface area contributed by atoms with Crippen molar-refractivity contribution in [1.82, 2.24) is 0 Å². The molecule has 2 aromatic carbocycles. The Morgan fingerprint density at radius 3 is 0.929 bits per heavy atom. The second-order valence-corrected chi connectivity index (χ2v) is 4.74. The van der Waals surface area contributed by atoms with Crippen LogP contribution in [-0.4, -0.2) is 163 Å². The molecule has 4 N–H and O–H groups in total. The SMILES string of the molecule is O=C(O)c1ccc(-c2ccc(C(=O)O)c(C(=O)O)c2)cc1C(=O)O.[Na].[Na].[Na].[Na]. The van der Waals surface area contributed by atoms with Crippen molar-refractivity contribution in [2.24, 2.45) is 0 Å². The molecule has 0 amide bonds. The third-order valence-corrected chi connectivity index (χ3v) is 3.29. The second-order valence-electron chi connectivity index (χ2n) is 4.74. The molecular formula is C16H10Na4O8. The molecule has 0 unspecified atom stereocenters. The number of hydrogen-bond donors (Lipinski definition) is 4. The number of carboxylic acid groups (broad SMARTS) is 4. The Morgan fingerprint density at radius 1 is 0.464 bits per heavy atom. The largest absolute Gasteiger partial charge is 0.478 e. The van der Waals surface area contributed by atoms with Gasteiger partial charge in [-0.3, -0.25) is 0 Å². The average Bonchev–Trinajstić information content (AvgIpc) is 2.53. The Kier molecular flexibility index (Phi) is 16.9. The zero-order valence-corrected chi connectivity index (χ0v) is 23.9. The molecule has 0 atom stereocenters. The number of hydrogen-bond acceptors (Lipinski definition) is 4.